The van der Waals surface area contributed by atoms with Gasteiger partial charge in [0.25, 0.3) is 5.91 Å². The van der Waals surface area contributed by atoms with Crippen molar-refractivity contribution in [2.24, 2.45) is 0 Å². The van der Waals surface area contributed by atoms with E-state index in [9.17, 15) is 9.59 Å². The van der Waals surface area contributed by atoms with Gasteiger partial charge in [0.2, 0.25) is 5.91 Å². The van der Waals surface area contributed by atoms with Crippen LogP contribution in [0.5, 0.6) is 0 Å². The second-order valence-electron chi connectivity index (χ2n) is 4.72. The van der Waals surface area contributed by atoms with E-state index < -0.39 is 0 Å². The number of nitrogens with zero attached hydrogens (tertiary/aromatic N) is 2. The number of benzene rings is 1. The molecule has 0 radical (unpaired) electrons. The Morgan fingerprint density at radius 1 is 1.20 bits per heavy atom. The minimum Gasteiger partial charge on any atom is -0.358 e. The van der Waals surface area contributed by atoms with Gasteiger partial charge in [-0.1, -0.05) is 12.1 Å². The predicted molar refractivity (Wildman–Crippen MR) is 85.6 cm³/mol. The lowest BCUT2D eigenvalue weighted by molar-refractivity contribution is -0.122. The van der Waals surface area contributed by atoms with Crippen molar-refractivity contribution in [2.75, 3.05) is 39.8 Å². The second kappa shape index (κ2) is 7.03. The quantitative estimate of drug-likeness (QED) is 0.781. The van der Waals surface area contributed by atoms with Crippen LogP contribution in [0.3, 0.4) is 0 Å². The molecule has 1 aliphatic rings. The van der Waals surface area contributed by atoms with Crippen LogP contribution >= 0.6 is 22.6 Å². The Morgan fingerprint density at radius 3 is 2.45 bits per heavy atom. The van der Waals surface area contributed by atoms with Gasteiger partial charge in [-0.2, -0.15) is 0 Å². The number of amides is 2. The van der Waals surface area contributed by atoms with E-state index in [1.165, 1.54) is 0 Å². The molecule has 0 aliphatic carbocycles. The summed E-state index contributed by atoms with van der Waals surface area (Å²) in [5.74, 6) is 0.0944. The Labute approximate surface area is 132 Å². The molecule has 1 N–H and O–H groups in total. The third-order valence-electron chi connectivity index (χ3n) is 3.41. The van der Waals surface area contributed by atoms with Crippen LogP contribution in [0.25, 0.3) is 0 Å². The van der Waals surface area contributed by atoms with Gasteiger partial charge in [-0.25, -0.2) is 0 Å². The molecule has 1 aliphatic heterocycles. The van der Waals surface area contributed by atoms with Crippen molar-refractivity contribution in [3.8, 4) is 0 Å². The molecule has 0 saturated carbocycles. The van der Waals surface area contributed by atoms with E-state index in [1.54, 1.807) is 7.05 Å². The van der Waals surface area contributed by atoms with Crippen molar-refractivity contribution in [1.29, 1.82) is 0 Å². The highest BCUT2D eigenvalue weighted by molar-refractivity contribution is 14.1. The average Bonchev–Trinajstić information content (AvgIpc) is 2.47. The van der Waals surface area contributed by atoms with Crippen LogP contribution < -0.4 is 5.32 Å². The van der Waals surface area contributed by atoms with E-state index in [4.69, 9.17) is 0 Å². The van der Waals surface area contributed by atoms with Gasteiger partial charge < -0.3 is 10.2 Å². The standard InChI is InChI=1S/C14H18IN3O2/c1-16-13(19)10-17-6-8-18(9-7-17)14(20)11-4-2-3-5-12(11)15/h2-5H,6-10H2,1H3,(H,16,19). The van der Waals surface area contributed by atoms with Gasteiger partial charge in [0, 0.05) is 36.8 Å². The van der Waals surface area contributed by atoms with E-state index in [0.29, 0.717) is 19.6 Å². The summed E-state index contributed by atoms with van der Waals surface area (Å²) in [6.45, 7) is 3.22. The highest BCUT2D eigenvalue weighted by Crippen LogP contribution is 2.15. The van der Waals surface area contributed by atoms with Crippen LogP contribution in [0.4, 0.5) is 0 Å². The zero-order valence-electron chi connectivity index (χ0n) is 11.4. The largest absolute Gasteiger partial charge is 0.358 e. The maximum absolute atomic E-state index is 12.4. The van der Waals surface area contributed by atoms with Gasteiger partial charge >= 0.3 is 0 Å². The first-order valence-electron chi connectivity index (χ1n) is 6.58. The smallest absolute Gasteiger partial charge is 0.255 e. The number of nitrogens with one attached hydrogen (secondary N) is 1. The molecule has 1 saturated heterocycles. The molecule has 0 bridgehead atoms. The summed E-state index contributed by atoms with van der Waals surface area (Å²) in [5, 5.41) is 2.62. The van der Waals surface area contributed by atoms with Crippen LogP contribution in [0.15, 0.2) is 24.3 Å². The van der Waals surface area contributed by atoms with Crippen molar-refractivity contribution in [2.45, 2.75) is 0 Å². The van der Waals surface area contributed by atoms with Crippen LogP contribution in [-0.4, -0.2) is 61.4 Å². The number of piperazine rings is 1. The predicted octanol–water partition coefficient (Wildman–Crippen LogP) is 0.795. The van der Waals surface area contributed by atoms with Crippen molar-refractivity contribution in [3.63, 3.8) is 0 Å². The molecule has 5 nitrogen and oxygen atoms in total. The normalized spacial score (nSPS) is 16.0. The minimum atomic E-state index is 0.0161. The molecule has 0 spiro atoms. The third-order valence-corrected chi connectivity index (χ3v) is 4.35. The van der Waals surface area contributed by atoms with Gasteiger partial charge in [-0.15, -0.1) is 0 Å². The molecule has 20 heavy (non-hydrogen) atoms. The molecule has 0 aromatic heterocycles. The van der Waals surface area contributed by atoms with Gasteiger partial charge in [0.1, 0.15) is 0 Å². The summed E-state index contributed by atoms with van der Waals surface area (Å²) in [4.78, 5) is 27.7. The Balaban J connectivity index is 1.92. The lowest BCUT2D eigenvalue weighted by Gasteiger charge is -2.34. The topological polar surface area (TPSA) is 52.7 Å². The zero-order chi connectivity index (χ0) is 14.5. The van der Waals surface area contributed by atoms with E-state index in [0.717, 1.165) is 22.2 Å². The highest BCUT2D eigenvalue weighted by Gasteiger charge is 2.23. The number of likely N-dealkylation sites (N-methyl/N-ethyl adjacent to an activating group) is 1. The van der Waals surface area contributed by atoms with E-state index in [2.05, 4.69) is 32.8 Å². The molecule has 0 unspecified atom stereocenters. The van der Waals surface area contributed by atoms with Gasteiger partial charge in [-0.05, 0) is 34.7 Å². The van der Waals surface area contributed by atoms with E-state index >= 15 is 0 Å². The van der Waals surface area contributed by atoms with E-state index in [1.807, 2.05) is 29.2 Å². The molecule has 1 aromatic rings. The number of rotatable bonds is 3. The molecular weight excluding hydrogens is 369 g/mol. The Morgan fingerprint density at radius 2 is 1.85 bits per heavy atom. The SMILES string of the molecule is CNC(=O)CN1CCN(C(=O)c2ccccc2I)CC1. The molecule has 2 amide bonds. The number of carbonyl (C=O) groups is 2. The number of hydrogen-bond donors (Lipinski definition) is 1. The zero-order valence-corrected chi connectivity index (χ0v) is 13.6. The number of carbonyl (C=O) groups excluding carboxylic acids is 2. The second-order valence-corrected chi connectivity index (χ2v) is 5.88. The molecule has 0 atom stereocenters. The molecule has 1 heterocycles. The van der Waals surface area contributed by atoms with Crippen molar-refractivity contribution in [1.82, 2.24) is 15.1 Å². The fourth-order valence-electron chi connectivity index (χ4n) is 2.20. The Bertz CT molecular complexity index is 499. The maximum atomic E-state index is 12.4. The fraction of sp³-hybridized carbons (Fsp3) is 0.429. The summed E-state index contributed by atoms with van der Waals surface area (Å²) < 4.78 is 0.975. The summed E-state index contributed by atoms with van der Waals surface area (Å²) in [5.41, 5.74) is 0.757. The first-order valence-corrected chi connectivity index (χ1v) is 7.66. The van der Waals surface area contributed by atoms with Crippen LogP contribution in [0, 0.1) is 3.57 Å². The van der Waals surface area contributed by atoms with Crippen molar-refractivity contribution >= 4 is 34.4 Å². The summed E-state index contributed by atoms with van der Waals surface area (Å²) in [6, 6.07) is 7.62. The van der Waals surface area contributed by atoms with Crippen molar-refractivity contribution in [3.05, 3.63) is 33.4 Å². The van der Waals surface area contributed by atoms with Gasteiger partial charge in [-0.3, -0.25) is 14.5 Å². The van der Waals surface area contributed by atoms with Crippen LogP contribution in [-0.2, 0) is 4.79 Å². The Kier molecular flexibility index (Phi) is 5.36. The minimum absolute atomic E-state index is 0.0161. The molecule has 1 fully saturated rings. The maximum Gasteiger partial charge on any atom is 0.255 e. The van der Waals surface area contributed by atoms with Crippen LogP contribution in [0.1, 0.15) is 10.4 Å². The van der Waals surface area contributed by atoms with Gasteiger partial charge in [0.15, 0.2) is 0 Å². The highest BCUT2D eigenvalue weighted by atomic mass is 127. The van der Waals surface area contributed by atoms with Crippen LogP contribution in [0.2, 0.25) is 0 Å². The number of halogens is 1. The first kappa shape index (κ1) is 15.2. The monoisotopic (exact) mass is 387 g/mol. The van der Waals surface area contributed by atoms with Gasteiger partial charge in [0.05, 0.1) is 12.1 Å². The fourth-order valence-corrected chi connectivity index (χ4v) is 2.81. The molecule has 108 valence electrons. The summed E-state index contributed by atoms with van der Waals surface area (Å²) >= 11 is 2.19. The first-order chi connectivity index (χ1) is 9.61. The summed E-state index contributed by atoms with van der Waals surface area (Å²) in [7, 11) is 1.64. The third kappa shape index (κ3) is 3.69. The molecule has 6 heteroatoms. The van der Waals surface area contributed by atoms with Crippen molar-refractivity contribution < 1.29 is 9.59 Å². The Hall–Kier alpha value is -1.15. The average molecular weight is 387 g/mol. The lowest BCUT2D eigenvalue weighted by atomic mass is 10.2. The summed E-state index contributed by atoms with van der Waals surface area (Å²) in [6.07, 6.45) is 0. The molecular formula is C14H18IN3O2. The molecule has 2 rings (SSSR count). The number of hydrogen-bond acceptors (Lipinski definition) is 3. The van der Waals surface area contributed by atoms with E-state index in [-0.39, 0.29) is 11.8 Å². The molecule has 1 aromatic carbocycles. The lowest BCUT2D eigenvalue weighted by Crippen LogP contribution is -2.51.